The quantitative estimate of drug-likeness (QED) is 0.808. The maximum Gasteiger partial charge on any atom is 0.249 e. The predicted octanol–water partition coefficient (Wildman–Crippen LogP) is 4.11. The summed E-state index contributed by atoms with van der Waals surface area (Å²) in [5.41, 5.74) is 6.77. The van der Waals surface area contributed by atoms with E-state index in [1.54, 1.807) is 0 Å². The minimum Gasteiger partial charge on any atom is -0.460 e. The lowest BCUT2D eigenvalue weighted by Crippen LogP contribution is -2.12. The SMILES string of the molecule is NC1=C(OSCc2ccccc2)C(=O)C(c2cc(Cl)ccc2F)O1. The Morgan fingerprint density at radius 1 is 1.25 bits per heavy atom. The van der Waals surface area contributed by atoms with E-state index in [1.807, 2.05) is 30.3 Å². The number of rotatable bonds is 5. The Bertz CT molecular complexity index is 798. The van der Waals surface area contributed by atoms with Crippen LogP contribution in [0.3, 0.4) is 0 Å². The summed E-state index contributed by atoms with van der Waals surface area (Å²) in [4.78, 5) is 12.4. The van der Waals surface area contributed by atoms with Crippen LogP contribution in [0.4, 0.5) is 4.39 Å². The van der Waals surface area contributed by atoms with E-state index in [2.05, 4.69) is 0 Å². The maximum absolute atomic E-state index is 13.9. The third kappa shape index (κ3) is 3.49. The van der Waals surface area contributed by atoms with E-state index >= 15 is 0 Å². The van der Waals surface area contributed by atoms with Gasteiger partial charge in [-0.1, -0.05) is 41.9 Å². The van der Waals surface area contributed by atoms with Crippen molar-refractivity contribution in [3.05, 3.63) is 82.1 Å². The number of hydrogen-bond acceptors (Lipinski definition) is 5. The molecule has 0 spiro atoms. The molecule has 1 atom stereocenters. The van der Waals surface area contributed by atoms with Gasteiger partial charge >= 0.3 is 0 Å². The van der Waals surface area contributed by atoms with Crippen LogP contribution in [0.2, 0.25) is 5.02 Å². The van der Waals surface area contributed by atoms with Crippen LogP contribution < -0.4 is 5.73 Å². The Labute approximate surface area is 147 Å². The molecule has 0 amide bonds. The number of halogens is 2. The molecule has 0 bridgehead atoms. The van der Waals surface area contributed by atoms with Crippen LogP contribution in [0.5, 0.6) is 0 Å². The average molecular weight is 366 g/mol. The number of ketones is 1. The molecule has 0 saturated carbocycles. The highest BCUT2D eigenvalue weighted by molar-refractivity contribution is 7.94. The van der Waals surface area contributed by atoms with Gasteiger partial charge in [0.2, 0.25) is 17.4 Å². The highest BCUT2D eigenvalue weighted by atomic mass is 35.5. The normalized spacial score (nSPS) is 17.1. The van der Waals surface area contributed by atoms with Crippen molar-refractivity contribution in [2.45, 2.75) is 11.9 Å². The van der Waals surface area contributed by atoms with Gasteiger partial charge in [0.1, 0.15) is 5.82 Å². The summed E-state index contributed by atoms with van der Waals surface area (Å²) in [6.07, 6.45) is -1.18. The first-order chi connectivity index (χ1) is 11.6. The van der Waals surface area contributed by atoms with Gasteiger partial charge in [-0.05, 0) is 23.8 Å². The lowest BCUT2D eigenvalue weighted by Gasteiger charge is -2.11. The topological polar surface area (TPSA) is 61.5 Å². The Balaban J connectivity index is 1.68. The third-order valence-electron chi connectivity index (χ3n) is 3.38. The molecule has 2 N–H and O–H groups in total. The molecule has 4 nitrogen and oxygen atoms in total. The number of Topliss-reactive ketones (excluding diaryl/α,β-unsaturated/α-hetero) is 1. The zero-order valence-corrected chi connectivity index (χ0v) is 13.9. The van der Waals surface area contributed by atoms with Crippen molar-refractivity contribution < 1.29 is 18.1 Å². The Morgan fingerprint density at radius 2 is 2.00 bits per heavy atom. The number of carbonyl (C=O) groups excluding carboxylic acids is 1. The number of benzene rings is 2. The Kier molecular flexibility index (Phi) is 4.97. The van der Waals surface area contributed by atoms with Crippen molar-refractivity contribution >= 4 is 29.4 Å². The van der Waals surface area contributed by atoms with Crippen molar-refractivity contribution in [2.75, 3.05) is 0 Å². The highest BCUT2D eigenvalue weighted by Crippen LogP contribution is 2.35. The molecule has 1 aliphatic heterocycles. The van der Waals surface area contributed by atoms with Gasteiger partial charge in [-0.25, -0.2) is 4.39 Å². The van der Waals surface area contributed by atoms with Gasteiger partial charge in [0.15, 0.2) is 6.10 Å². The molecule has 1 unspecified atom stereocenters. The summed E-state index contributed by atoms with van der Waals surface area (Å²) in [5, 5.41) is 0.300. The van der Waals surface area contributed by atoms with E-state index in [-0.39, 0.29) is 17.2 Å². The van der Waals surface area contributed by atoms with E-state index in [4.69, 9.17) is 26.3 Å². The van der Waals surface area contributed by atoms with Crippen molar-refractivity contribution in [1.29, 1.82) is 0 Å². The molecule has 124 valence electrons. The van der Waals surface area contributed by atoms with Crippen LogP contribution in [-0.4, -0.2) is 5.78 Å². The zero-order valence-electron chi connectivity index (χ0n) is 12.4. The largest absolute Gasteiger partial charge is 0.460 e. The highest BCUT2D eigenvalue weighted by Gasteiger charge is 2.39. The fraction of sp³-hybridized carbons (Fsp3) is 0.118. The Hall–Kier alpha value is -2.18. The molecule has 0 aromatic heterocycles. The second-order valence-corrected chi connectivity index (χ2v) is 6.18. The average Bonchev–Trinajstić information content (AvgIpc) is 2.86. The molecule has 0 fully saturated rings. The Morgan fingerprint density at radius 3 is 2.75 bits per heavy atom. The van der Waals surface area contributed by atoms with Crippen LogP contribution in [0.25, 0.3) is 0 Å². The summed E-state index contributed by atoms with van der Waals surface area (Å²) in [6.45, 7) is 0. The second-order valence-electron chi connectivity index (χ2n) is 5.05. The lowest BCUT2D eigenvalue weighted by atomic mass is 10.1. The smallest absolute Gasteiger partial charge is 0.249 e. The minimum absolute atomic E-state index is 0.0297. The van der Waals surface area contributed by atoms with Crippen LogP contribution in [-0.2, 0) is 19.5 Å². The predicted molar refractivity (Wildman–Crippen MR) is 90.3 cm³/mol. The second kappa shape index (κ2) is 7.15. The van der Waals surface area contributed by atoms with Gasteiger partial charge in [0, 0.05) is 10.6 Å². The molecular weight excluding hydrogens is 353 g/mol. The molecule has 7 heteroatoms. The summed E-state index contributed by atoms with van der Waals surface area (Å²) in [7, 11) is 0. The van der Waals surface area contributed by atoms with Crippen LogP contribution in [0, 0.1) is 5.82 Å². The van der Waals surface area contributed by atoms with E-state index in [0.29, 0.717) is 10.8 Å². The fourth-order valence-corrected chi connectivity index (χ4v) is 3.06. The minimum atomic E-state index is -1.18. The number of nitrogens with two attached hydrogens (primary N) is 1. The molecule has 0 aliphatic carbocycles. The summed E-state index contributed by atoms with van der Waals surface area (Å²) >= 11 is 6.91. The molecule has 2 aromatic carbocycles. The lowest BCUT2D eigenvalue weighted by molar-refractivity contribution is -0.123. The maximum atomic E-state index is 13.9. The summed E-state index contributed by atoms with van der Waals surface area (Å²) in [6, 6.07) is 13.5. The molecule has 2 aromatic rings. The van der Waals surface area contributed by atoms with Crippen LogP contribution in [0.15, 0.2) is 60.2 Å². The van der Waals surface area contributed by atoms with Gasteiger partial charge in [0.25, 0.3) is 0 Å². The van der Waals surface area contributed by atoms with Crippen molar-refractivity contribution in [2.24, 2.45) is 5.73 Å². The number of hydrogen-bond donors (Lipinski definition) is 1. The van der Waals surface area contributed by atoms with Gasteiger partial charge in [-0.15, -0.1) is 0 Å². The summed E-state index contributed by atoms with van der Waals surface area (Å²) in [5.74, 6) is -0.871. The standard InChI is InChI=1S/C17H13ClFNO3S/c18-11-6-7-13(19)12(8-11)15-14(21)16(17(20)22-15)23-24-9-10-4-2-1-3-5-10/h1-8,15H,9,20H2. The first kappa shape index (κ1) is 16.7. The van der Waals surface area contributed by atoms with Gasteiger partial charge in [-0.2, -0.15) is 0 Å². The molecule has 1 aliphatic rings. The van der Waals surface area contributed by atoms with E-state index < -0.39 is 17.7 Å². The van der Waals surface area contributed by atoms with Crippen molar-refractivity contribution in [3.8, 4) is 0 Å². The van der Waals surface area contributed by atoms with E-state index in [9.17, 15) is 9.18 Å². The van der Waals surface area contributed by atoms with E-state index in [1.165, 1.54) is 18.2 Å². The summed E-state index contributed by atoms with van der Waals surface area (Å²) < 4.78 is 24.6. The monoisotopic (exact) mass is 365 g/mol. The van der Waals surface area contributed by atoms with Crippen molar-refractivity contribution in [1.82, 2.24) is 0 Å². The molecule has 0 saturated heterocycles. The van der Waals surface area contributed by atoms with Gasteiger partial charge < -0.3 is 14.7 Å². The van der Waals surface area contributed by atoms with Gasteiger partial charge in [0.05, 0.1) is 17.8 Å². The van der Waals surface area contributed by atoms with Crippen molar-refractivity contribution in [3.63, 3.8) is 0 Å². The molecule has 3 rings (SSSR count). The van der Waals surface area contributed by atoms with E-state index in [0.717, 1.165) is 17.6 Å². The molecule has 1 heterocycles. The first-order valence-electron chi connectivity index (χ1n) is 7.05. The zero-order chi connectivity index (χ0) is 17.1. The van der Waals surface area contributed by atoms with Crippen LogP contribution in [0.1, 0.15) is 17.2 Å². The van der Waals surface area contributed by atoms with Crippen LogP contribution >= 0.6 is 23.6 Å². The molecule has 24 heavy (non-hydrogen) atoms. The molecule has 0 radical (unpaired) electrons. The number of carbonyl (C=O) groups is 1. The van der Waals surface area contributed by atoms with Gasteiger partial charge in [-0.3, -0.25) is 4.79 Å². The fourth-order valence-electron chi connectivity index (χ4n) is 2.21. The first-order valence-corrected chi connectivity index (χ1v) is 8.34. The third-order valence-corrected chi connectivity index (χ3v) is 4.35. The number of ether oxygens (including phenoxy) is 1. The molecular formula is C17H13ClFNO3S.